The van der Waals surface area contributed by atoms with Crippen LogP contribution in [0.15, 0.2) is 35.7 Å². The summed E-state index contributed by atoms with van der Waals surface area (Å²) in [4.78, 5) is 27.4. The second-order valence-electron chi connectivity index (χ2n) is 5.67. The third-order valence-corrected chi connectivity index (χ3v) is 5.30. The fourth-order valence-electron chi connectivity index (χ4n) is 3.08. The average molecular weight is 344 g/mol. The van der Waals surface area contributed by atoms with Crippen molar-refractivity contribution in [3.8, 4) is 0 Å². The van der Waals surface area contributed by atoms with Gasteiger partial charge in [-0.05, 0) is 54.1 Å². The molecule has 1 aliphatic heterocycles. The van der Waals surface area contributed by atoms with Gasteiger partial charge in [0.05, 0.1) is 18.7 Å². The van der Waals surface area contributed by atoms with Crippen LogP contribution in [0.3, 0.4) is 0 Å². The molecule has 0 bridgehead atoms. The van der Waals surface area contributed by atoms with Crippen molar-refractivity contribution in [2.75, 3.05) is 19.0 Å². The summed E-state index contributed by atoms with van der Waals surface area (Å²) in [5.41, 5.74) is 2.39. The predicted molar refractivity (Wildman–Crippen MR) is 94.6 cm³/mol. The van der Waals surface area contributed by atoms with Crippen LogP contribution in [0.5, 0.6) is 0 Å². The third kappa shape index (κ3) is 3.14. The topological polar surface area (TPSA) is 58.6 Å². The molecule has 2 heterocycles. The first kappa shape index (κ1) is 16.5. The molecule has 1 atom stereocenters. The standard InChI is InChI=1S/C18H20N2O3S/c1-3-15-14-9-11-24-16(14)8-10-20(15)18(22)19-13-6-4-12(5-7-13)17(21)23-2/h4-7,9,11,15H,3,8,10H2,1-2H3,(H,19,22)/t15-/m1/s1. The van der Waals surface area contributed by atoms with Crippen molar-refractivity contribution in [2.45, 2.75) is 25.8 Å². The fraction of sp³-hybridized carbons (Fsp3) is 0.333. The lowest BCUT2D eigenvalue weighted by Gasteiger charge is -2.35. The number of nitrogens with one attached hydrogen (secondary N) is 1. The van der Waals surface area contributed by atoms with Gasteiger partial charge in [-0.1, -0.05) is 6.92 Å². The first-order valence-corrected chi connectivity index (χ1v) is 8.84. The van der Waals surface area contributed by atoms with E-state index in [2.05, 4.69) is 28.4 Å². The van der Waals surface area contributed by atoms with E-state index in [0.29, 0.717) is 11.3 Å². The molecule has 0 radical (unpaired) electrons. The maximum Gasteiger partial charge on any atom is 0.337 e. The summed E-state index contributed by atoms with van der Waals surface area (Å²) in [7, 11) is 1.35. The minimum absolute atomic E-state index is 0.107. The number of anilines is 1. The molecule has 0 saturated heterocycles. The Bertz CT molecular complexity index is 739. The number of carbonyl (C=O) groups is 2. The van der Waals surface area contributed by atoms with Gasteiger partial charge in [0.25, 0.3) is 0 Å². The van der Waals surface area contributed by atoms with Gasteiger partial charge in [0, 0.05) is 17.1 Å². The molecule has 5 nitrogen and oxygen atoms in total. The number of esters is 1. The van der Waals surface area contributed by atoms with Crippen molar-refractivity contribution < 1.29 is 14.3 Å². The normalized spacial score (nSPS) is 16.4. The number of benzene rings is 1. The number of hydrogen-bond acceptors (Lipinski definition) is 4. The van der Waals surface area contributed by atoms with Gasteiger partial charge in [-0.2, -0.15) is 0 Å². The summed E-state index contributed by atoms with van der Waals surface area (Å²) >= 11 is 1.77. The van der Waals surface area contributed by atoms with Crippen molar-refractivity contribution in [1.29, 1.82) is 0 Å². The smallest absolute Gasteiger partial charge is 0.337 e. The monoisotopic (exact) mass is 344 g/mol. The van der Waals surface area contributed by atoms with Crippen LogP contribution in [0, 0.1) is 0 Å². The Balaban J connectivity index is 1.72. The van der Waals surface area contributed by atoms with Gasteiger partial charge in [0.15, 0.2) is 0 Å². The van der Waals surface area contributed by atoms with E-state index in [0.717, 1.165) is 19.4 Å². The van der Waals surface area contributed by atoms with Gasteiger partial charge in [-0.15, -0.1) is 11.3 Å². The van der Waals surface area contributed by atoms with Crippen LogP contribution in [-0.4, -0.2) is 30.6 Å². The Labute approximate surface area is 145 Å². The molecule has 2 amide bonds. The summed E-state index contributed by atoms with van der Waals surface area (Å²) in [6.07, 6.45) is 1.79. The highest BCUT2D eigenvalue weighted by molar-refractivity contribution is 7.10. The highest BCUT2D eigenvalue weighted by Gasteiger charge is 2.30. The first-order valence-electron chi connectivity index (χ1n) is 7.96. The Morgan fingerprint density at radius 1 is 1.29 bits per heavy atom. The number of urea groups is 1. The molecule has 6 heteroatoms. The fourth-order valence-corrected chi connectivity index (χ4v) is 4.01. The van der Waals surface area contributed by atoms with Crippen LogP contribution in [-0.2, 0) is 11.2 Å². The number of ether oxygens (including phenoxy) is 1. The first-order chi connectivity index (χ1) is 11.6. The van der Waals surface area contributed by atoms with Crippen molar-refractivity contribution in [1.82, 2.24) is 4.90 Å². The van der Waals surface area contributed by atoms with E-state index in [1.54, 1.807) is 35.6 Å². The van der Waals surface area contributed by atoms with Crippen molar-refractivity contribution in [3.63, 3.8) is 0 Å². The SMILES string of the molecule is CC[C@@H]1c2ccsc2CCN1C(=O)Nc1ccc(C(=O)OC)cc1. The molecule has 1 aromatic heterocycles. The summed E-state index contributed by atoms with van der Waals surface area (Å²) in [5.74, 6) is -0.389. The van der Waals surface area contributed by atoms with E-state index in [-0.39, 0.29) is 18.0 Å². The number of rotatable bonds is 3. The van der Waals surface area contributed by atoms with Gasteiger partial charge in [-0.25, -0.2) is 9.59 Å². The summed E-state index contributed by atoms with van der Waals surface area (Å²) < 4.78 is 4.67. The van der Waals surface area contributed by atoms with Crippen LogP contribution in [0.4, 0.5) is 10.5 Å². The highest BCUT2D eigenvalue weighted by atomic mass is 32.1. The van der Waals surface area contributed by atoms with Gasteiger partial charge < -0.3 is 15.0 Å². The van der Waals surface area contributed by atoms with E-state index in [1.807, 2.05) is 4.90 Å². The van der Waals surface area contributed by atoms with E-state index < -0.39 is 0 Å². The number of hydrogen-bond donors (Lipinski definition) is 1. The van der Waals surface area contributed by atoms with E-state index in [9.17, 15) is 9.59 Å². The molecule has 0 saturated carbocycles. The quantitative estimate of drug-likeness (QED) is 0.854. The number of thiophene rings is 1. The average Bonchev–Trinajstić information content (AvgIpc) is 3.09. The lowest BCUT2D eigenvalue weighted by molar-refractivity contribution is 0.0601. The molecule has 0 fully saturated rings. The van der Waals surface area contributed by atoms with Crippen LogP contribution in [0.25, 0.3) is 0 Å². The summed E-state index contributed by atoms with van der Waals surface area (Å²) in [6.45, 7) is 2.82. The van der Waals surface area contributed by atoms with Crippen molar-refractivity contribution in [2.24, 2.45) is 0 Å². The summed E-state index contributed by atoms with van der Waals surface area (Å²) in [5, 5.41) is 5.02. The van der Waals surface area contributed by atoms with Gasteiger partial charge >= 0.3 is 12.0 Å². The van der Waals surface area contributed by atoms with Gasteiger partial charge in [-0.3, -0.25) is 0 Å². The number of nitrogens with zero attached hydrogens (tertiary/aromatic N) is 1. The largest absolute Gasteiger partial charge is 0.465 e. The molecule has 1 aromatic carbocycles. The van der Waals surface area contributed by atoms with E-state index in [1.165, 1.54) is 17.6 Å². The Morgan fingerprint density at radius 2 is 2.04 bits per heavy atom. The lowest BCUT2D eigenvalue weighted by atomic mass is 9.98. The molecule has 1 aliphatic rings. The second kappa shape index (κ2) is 7.05. The van der Waals surface area contributed by atoms with Crippen molar-refractivity contribution >= 4 is 29.0 Å². The van der Waals surface area contributed by atoms with Crippen LogP contribution in [0.2, 0.25) is 0 Å². The lowest BCUT2D eigenvalue weighted by Crippen LogP contribution is -2.41. The number of fused-ring (bicyclic) bond motifs is 1. The maximum absolute atomic E-state index is 12.7. The number of amides is 2. The molecule has 0 unspecified atom stereocenters. The van der Waals surface area contributed by atoms with E-state index >= 15 is 0 Å². The molecule has 0 aliphatic carbocycles. The molecule has 3 rings (SSSR count). The molecular formula is C18H20N2O3S. The van der Waals surface area contributed by atoms with Gasteiger partial charge in [0.2, 0.25) is 0 Å². The minimum Gasteiger partial charge on any atom is -0.465 e. The molecule has 0 spiro atoms. The zero-order valence-corrected chi connectivity index (χ0v) is 14.6. The van der Waals surface area contributed by atoms with Crippen LogP contribution >= 0.6 is 11.3 Å². The maximum atomic E-state index is 12.7. The molecule has 2 aromatic rings. The van der Waals surface area contributed by atoms with Gasteiger partial charge in [0.1, 0.15) is 0 Å². The Hall–Kier alpha value is -2.34. The molecule has 24 heavy (non-hydrogen) atoms. The molecule has 1 N–H and O–H groups in total. The molecular weight excluding hydrogens is 324 g/mol. The highest BCUT2D eigenvalue weighted by Crippen LogP contribution is 2.35. The van der Waals surface area contributed by atoms with Crippen LogP contribution < -0.4 is 5.32 Å². The third-order valence-electron chi connectivity index (χ3n) is 4.30. The van der Waals surface area contributed by atoms with Crippen molar-refractivity contribution in [3.05, 3.63) is 51.7 Å². The number of carbonyl (C=O) groups excluding carboxylic acids is 2. The minimum atomic E-state index is -0.389. The second-order valence-corrected chi connectivity index (χ2v) is 6.67. The zero-order valence-electron chi connectivity index (χ0n) is 13.7. The summed E-state index contributed by atoms with van der Waals surface area (Å²) in [6, 6.07) is 8.85. The van der Waals surface area contributed by atoms with Crippen LogP contribution in [0.1, 0.15) is 40.2 Å². The number of methoxy groups -OCH3 is 1. The predicted octanol–water partition coefficient (Wildman–Crippen LogP) is 4.08. The van der Waals surface area contributed by atoms with E-state index in [4.69, 9.17) is 0 Å². The Morgan fingerprint density at radius 3 is 2.71 bits per heavy atom. The zero-order chi connectivity index (χ0) is 17.1. The molecule has 126 valence electrons. The Kier molecular flexibility index (Phi) is 4.85.